The Morgan fingerprint density at radius 3 is 2.71 bits per heavy atom. The van der Waals surface area contributed by atoms with Crippen molar-refractivity contribution in [3.8, 4) is 0 Å². The molecule has 0 aliphatic rings. The molecule has 0 aromatic carbocycles. The maximum absolute atomic E-state index is 12.5. The zero-order valence-electron chi connectivity index (χ0n) is 12.9. The average molecular weight is 361 g/mol. The number of anilines is 3. The topological polar surface area (TPSA) is 92.7 Å². The lowest BCUT2D eigenvalue weighted by Gasteiger charge is -2.07. The first-order valence-electron chi connectivity index (χ1n) is 6.98. The Bertz CT molecular complexity index is 897. The van der Waals surface area contributed by atoms with Crippen molar-refractivity contribution in [1.29, 1.82) is 0 Å². The smallest absolute Gasteiger partial charge is 0.278 e. The first kappa shape index (κ1) is 16.3. The van der Waals surface area contributed by atoms with Crippen LogP contribution in [0.3, 0.4) is 0 Å². The Labute approximate surface area is 147 Å². The number of aromatic nitrogens is 4. The van der Waals surface area contributed by atoms with E-state index in [0.717, 1.165) is 10.7 Å². The van der Waals surface area contributed by atoms with Crippen molar-refractivity contribution in [3.63, 3.8) is 0 Å². The molecular formula is C15H13ClN6OS. The van der Waals surface area contributed by atoms with Gasteiger partial charge in [-0.25, -0.2) is 19.9 Å². The molecular weight excluding hydrogens is 348 g/mol. The number of carbonyl (C=O) groups is 1. The van der Waals surface area contributed by atoms with Gasteiger partial charge in [0.25, 0.3) is 5.91 Å². The minimum Gasteiger partial charge on any atom is -0.345 e. The van der Waals surface area contributed by atoms with Gasteiger partial charge in [-0.3, -0.25) is 4.79 Å². The Morgan fingerprint density at radius 2 is 1.96 bits per heavy atom. The van der Waals surface area contributed by atoms with E-state index in [1.54, 1.807) is 37.5 Å². The van der Waals surface area contributed by atoms with Crippen LogP contribution in [0, 0.1) is 13.8 Å². The second-order valence-corrected chi connectivity index (χ2v) is 6.44. The third-order valence-electron chi connectivity index (χ3n) is 2.95. The molecule has 0 unspecified atom stereocenters. The Balaban J connectivity index is 1.84. The molecule has 0 fully saturated rings. The minimum atomic E-state index is -0.347. The third-order valence-corrected chi connectivity index (χ3v) is 4.04. The highest BCUT2D eigenvalue weighted by Gasteiger charge is 2.18. The molecule has 122 valence electrons. The van der Waals surface area contributed by atoms with E-state index in [0.29, 0.717) is 27.5 Å². The van der Waals surface area contributed by atoms with Gasteiger partial charge in [0.1, 0.15) is 21.8 Å². The summed E-state index contributed by atoms with van der Waals surface area (Å²) in [5, 5.41) is 7.63. The maximum atomic E-state index is 12.5. The minimum absolute atomic E-state index is 0.293. The number of aryl methyl sites for hydroxylation is 2. The van der Waals surface area contributed by atoms with E-state index < -0.39 is 0 Å². The summed E-state index contributed by atoms with van der Waals surface area (Å²) in [5.41, 5.74) is 1.02. The molecule has 0 saturated heterocycles. The quantitative estimate of drug-likeness (QED) is 0.690. The van der Waals surface area contributed by atoms with Crippen molar-refractivity contribution in [2.24, 2.45) is 0 Å². The number of halogens is 1. The molecule has 3 heterocycles. The molecule has 24 heavy (non-hydrogen) atoms. The molecule has 0 bridgehead atoms. The molecule has 0 atom stereocenters. The fourth-order valence-electron chi connectivity index (χ4n) is 1.98. The van der Waals surface area contributed by atoms with E-state index >= 15 is 0 Å². The molecule has 7 nitrogen and oxygen atoms in total. The number of hydrogen-bond acceptors (Lipinski definition) is 7. The van der Waals surface area contributed by atoms with Crippen molar-refractivity contribution in [1.82, 2.24) is 19.9 Å². The summed E-state index contributed by atoms with van der Waals surface area (Å²) in [6.07, 6.45) is 3.17. The number of rotatable bonds is 4. The summed E-state index contributed by atoms with van der Waals surface area (Å²) in [6.45, 7) is 3.59. The zero-order valence-corrected chi connectivity index (χ0v) is 14.4. The Morgan fingerprint density at radius 1 is 1.17 bits per heavy atom. The van der Waals surface area contributed by atoms with Crippen LogP contribution in [0.4, 0.5) is 16.5 Å². The molecule has 0 aliphatic heterocycles. The van der Waals surface area contributed by atoms with Gasteiger partial charge in [-0.05, 0) is 32.0 Å². The lowest BCUT2D eigenvalue weighted by atomic mass is 10.3. The van der Waals surface area contributed by atoms with Gasteiger partial charge in [0, 0.05) is 18.1 Å². The SMILES string of the molecule is Cc1nccc(NC(=O)c2nc(C)sc2Nc2ccnc(Cl)c2)n1. The highest BCUT2D eigenvalue weighted by atomic mass is 35.5. The number of thiazole rings is 1. The summed E-state index contributed by atoms with van der Waals surface area (Å²) in [7, 11) is 0. The number of pyridine rings is 1. The van der Waals surface area contributed by atoms with Crippen LogP contribution in [0.5, 0.6) is 0 Å². The van der Waals surface area contributed by atoms with Crippen LogP contribution in [-0.4, -0.2) is 25.8 Å². The van der Waals surface area contributed by atoms with E-state index in [9.17, 15) is 4.79 Å². The van der Waals surface area contributed by atoms with Crippen LogP contribution in [0.2, 0.25) is 5.15 Å². The van der Waals surface area contributed by atoms with E-state index in [1.165, 1.54) is 11.3 Å². The van der Waals surface area contributed by atoms with E-state index in [1.807, 2.05) is 6.92 Å². The van der Waals surface area contributed by atoms with Gasteiger partial charge >= 0.3 is 0 Å². The maximum Gasteiger partial charge on any atom is 0.278 e. The predicted molar refractivity (Wildman–Crippen MR) is 94.1 cm³/mol. The second kappa shape index (κ2) is 6.90. The number of hydrogen-bond donors (Lipinski definition) is 2. The predicted octanol–water partition coefficient (Wildman–Crippen LogP) is 3.59. The van der Waals surface area contributed by atoms with Crippen LogP contribution in [0.15, 0.2) is 30.6 Å². The number of carbonyl (C=O) groups excluding carboxylic acids is 1. The molecule has 1 amide bonds. The lowest BCUT2D eigenvalue weighted by molar-refractivity contribution is 0.102. The monoisotopic (exact) mass is 360 g/mol. The molecule has 3 aromatic heterocycles. The lowest BCUT2D eigenvalue weighted by Crippen LogP contribution is -2.15. The zero-order chi connectivity index (χ0) is 17.1. The first-order valence-corrected chi connectivity index (χ1v) is 8.18. The van der Waals surface area contributed by atoms with Crippen LogP contribution in [0.25, 0.3) is 0 Å². The van der Waals surface area contributed by atoms with E-state index in [2.05, 4.69) is 30.6 Å². The largest absolute Gasteiger partial charge is 0.345 e. The second-order valence-electron chi connectivity index (χ2n) is 4.85. The Kier molecular flexibility index (Phi) is 4.68. The highest BCUT2D eigenvalue weighted by Crippen LogP contribution is 2.28. The molecule has 3 aromatic rings. The molecule has 2 N–H and O–H groups in total. The standard InChI is InChI=1S/C15H13ClN6OS/c1-8-17-6-4-12(19-8)22-14(23)13-15(24-9(2)20-13)21-10-3-5-18-11(16)7-10/h3-7H,1-2H3,(H,18,21)(H,17,19,22,23). The third kappa shape index (κ3) is 3.84. The van der Waals surface area contributed by atoms with Crippen molar-refractivity contribution in [2.45, 2.75) is 13.8 Å². The summed E-state index contributed by atoms with van der Waals surface area (Å²) >= 11 is 7.26. The summed E-state index contributed by atoms with van der Waals surface area (Å²) in [4.78, 5) is 28.9. The number of nitrogens with one attached hydrogen (secondary N) is 2. The Hall–Kier alpha value is -2.58. The van der Waals surface area contributed by atoms with Gasteiger partial charge in [-0.1, -0.05) is 11.6 Å². The molecule has 0 aliphatic carbocycles. The first-order chi connectivity index (χ1) is 11.5. The van der Waals surface area contributed by atoms with Gasteiger partial charge in [0.15, 0.2) is 5.69 Å². The molecule has 0 spiro atoms. The molecule has 9 heteroatoms. The fraction of sp³-hybridized carbons (Fsp3) is 0.133. The van der Waals surface area contributed by atoms with E-state index in [-0.39, 0.29) is 5.91 Å². The summed E-state index contributed by atoms with van der Waals surface area (Å²) in [5.74, 6) is 0.656. The van der Waals surface area contributed by atoms with Crippen molar-refractivity contribution < 1.29 is 4.79 Å². The molecule has 0 radical (unpaired) electrons. The van der Waals surface area contributed by atoms with Crippen LogP contribution < -0.4 is 10.6 Å². The molecule has 3 rings (SSSR count). The van der Waals surface area contributed by atoms with Crippen LogP contribution in [0.1, 0.15) is 21.3 Å². The van der Waals surface area contributed by atoms with Gasteiger partial charge < -0.3 is 10.6 Å². The number of amides is 1. The van der Waals surface area contributed by atoms with Gasteiger partial charge in [0.2, 0.25) is 0 Å². The van der Waals surface area contributed by atoms with Crippen molar-refractivity contribution in [2.75, 3.05) is 10.6 Å². The van der Waals surface area contributed by atoms with Crippen LogP contribution >= 0.6 is 22.9 Å². The van der Waals surface area contributed by atoms with Gasteiger partial charge in [-0.15, -0.1) is 11.3 Å². The average Bonchev–Trinajstić information content (AvgIpc) is 2.88. The van der Waals surface area contributed by atoms with E-state index in [4.69, 9.17) is 11.6 Å². The summed E-state index contributed by atoms with van der Waals surface area (Å²) < 4.78 is 0. The highest BCUT2D eigenvalue weighted by molar-refractivity contribution is 7.16. The normalized spacial score (nSPS) is 10.5. The van der Waals surface area contributed by atoms with Crippen LogP contribution in [-0.2, 0) is 0 Å². The van der Waals surface area contributed by atoms with Gasteiger partial charge in [-0.2, -0.15) is 0 Å². The molecule has 0 saturated carbocycles. The summed E-state index contributed by atoms with van der Waals surface area (Å²) in [6, 6.07) is 5.06. The van der Waals surface area contributed by atoms with Gasteiger partial charge in [0.05, 0.1) is 5.01 Å². The number of nitrogens with zero attached hydrogens (tertiary/aromatic N) is 4. The van der Waals surface area contributed by atoms with Crippen molar-refractivity contribution in [3.05, 3.63) is 52.3 Å². The van der Waals surface area contributed by atoms with Crippen molar-refractivity contribution >= 4 is 45.4 Å². The fourth-order valence-corrected chi connectivity index (χ4v) is 2.99.